The van der Waals surface area contributed by atoms with Gasteiger partial charge in [-0.25, -0.2) is 9.59 Å². The van der Waals surface area contributed by atoms with E-state index in [9.17, 15) is 55.2 Å². The third kappa shape index (κ3) is 6.59. The molecule has 0 amide bonds. The molecule has 3 heterocycles. The van der Waals surface area contributed by atoms with Crippen molar-refractivity contribution < 1.29 is 83.7 Å². The van der Waals surface area contributed by atoms with Crippen LogP contribution in [-0.2, 0) is 42.8 Å². The molecule has 0 bridgehead atoms. The predicted octanol–water partition coefficient (Wildman–Crippen LogP) is -5.66. The first-order chi connectivity index (χ1) is 18.9. The highest BCUT2D eigenvalue weighted by molar-refractivity contribution is 5.73. The Bertz CT molecular complexity index is 878. The second-order valence-electron chi connectivity index (χ2n) is 9.60. The molecule has 0 aromatic carbocycles. The number of hydrogen-bond acceptors (Lipinski definition) is 16. The van der Waals surface area contributed by atoms with Crippen LogP contribution in [0.3, 0.4) is 0 Å². The van der Waals surface area contributed by atoms with Crippen molar-refractivity contribution in [2.75, 3.05) is 20.3 Å². The first-order valence-electron chi connectivity index (χ1n) is 12.3. The lowest BCUT2D eigenvalue weighted by Crippen LogP contribution is -2.69. The molecule has 3 rings (SSSR count). The van der Waals surface area contributed by atoms with E-state index < -0.39 is 117 Å². The zero-order valence-electron chi connectivity index (χ0n) is 21.4. The molecule has 0 aromatic rings. The third-order valence-electron chi connectivity index (χ3n) is 7.06. The summed E-state index contributed by atoms with van der Waals surface area (Å²) in [5.74, 6) is -4.09. The summed E-state index contributed by atoms with van der Waals surface area (Å²) in [6.45, 7) is 0.0627. The molecule has 0 spiro atoms. The van der Waals surface area contributed by atoms with Gasteiger partial charge in [0.2, 0.25) is 0 Å². The third-order valence-corrected chi connectivity index (χ3v) is 7.06. The number of aliphatic hydroxyl groups excluding tert-OH is 6. The zero-order chi connectivity index (χ0) is 29.9. The van der Waals surface area contributed by atoms with E-state index in [0.29, 0.717) is 6.29 Å². The molecule has 15 atom stereocenters. The fourth-order valence-electron chi connectivity index (χ4n) is 4.84. The molecule has 0 aromatic heterocycles. The van der Waals surface area contributed by atoms with Gasteiger partial charge in [-0.05, 0) is 0 Å². The summed E-state index contributed by atoms with van der Waals surface area (Å²) in [7, 11) is 1.11. The van der Waals surface area contributed by atoms with Gasteiger partial charge >= 0.3 is 11.9 Å². The normalized spacial score (nSPS) is 46.0. The summed E-state index contributed by atoms with van der Waals surface area (Å²) in [5, 5.41) is 84.3. The number of ether oxygens (including phenoxy) is 6. The minimum absolute atomic E-state index is 0.401. The monoisotopic (exact) mass is 585 g/mol. The first-order valence-corrected chi connectivity index (χ1v) is 12.3. The Morgan fingerprint density at radius 1 is 0.800 bits per heavy atom. The zero-order valence-corrected chi connectivity index (χ0v) is 21.4. The molecule has 230 valence electrons. The van der Waals surface area contributed by atoms with Gasteiger partial charge in [-0.15, -0.1) is 0 Å². The van der Waals surface area contributed by atoms with Crippen LogP contribution in [0.4, 0.5) is 0 Å². The molecule has 3 saturated heterocycles. The molecule has 9 N–H and O–H groups in total. The number of carboxylic acids is 2. The number of rotatable bonds is 11. The highest BCUT2D eigenvalue weighted by Crippen LogP contribution is 2.33. The number of methoxy groups -OCH3 is 1. The number of aliphatic hydroxyl groups is 6. The van der Waals surface area contributed by atoms with Crippen molar-refractivity contribution in [3.63, 3.8) is 0 Å². The molecule has 6 unspecified atom stereocenters. The minimum Gasteiger partial charge on any atom is -0.479 e. The van der Waals surface area contributed by atoms with Crippen LogP contribution in [0.15, 0.2) is 0 Å². The molecule has 3 aliphatic rings. The van der Waals surface area contributed by atoms with Crippen molar-refractivity contribution in [1.82, 2.24) is 5.32 Å². The Balaban J connectivity index is 1.86. The number of carbonyl (C=O) groups is 3. The maximum absolute atomic E-state index is 11.8. The summed E-state index contributed by atoms with van der Waals surface area (Å²) in [6, 6.07) is -1.43. The van der Waals surface area contributed by atoms with Crippen LogP contribution in [0.25, 0.3) is 0 Å². The maximum atomic E-state index is 11.8. The maximum Gasteiger partial charge on any atom is 0.335 e. The molecule has 0 aliphatic carbocycles. The summed E-state index contributed by atoms with van der Waals surface area (Å²) in [6.07, 6.45) is -21.8. The van der Waals surface area contributed by atoms with E-state index >= 15 is 0 Å². The van der Waals surface area contributed by atoms with Gasteiger partial charge in [0, 0.05) is 13.0 Å². The first kappa shape index (κ1) is 32.6. The second-order valence-corrected chi connectivity index (χ2v) is 9.60. The van der Waals surface area contributed by atoms with E-state index in [1.54, 1.807) is 0 Å². The topological polar surface area (TPSA) is 280 Å². The number of aldehydes is 1. The van der Waals surface area contributed by atoms with Crippen LogP contribution >= 0.6 is 0 Å². The van der Waals surface area contributed by atoms with Crippen molar-refractivity contribution in [2.45, 2.75) is 92.9 Å². The van der Waals surface area contributed by atoms with E-state index in [4.69, 9.17) is 28.4 Å². The average molecular weight is 586 g/mol. The summed E-state index contributed by atoms with van der Waals surface area (Å²) in [4.78, 5) is 34.4. The van der Waals surface area contributed by atoms with Crippen molar-refractivity contribution in [3.05, 3.63) is 0 Å². The molecular formula is C22H35NO17. The Morgan fingerprint density at radius 2 is 1.38 bits per heavy atom. The van der Waals surface area contributed by atoms with Crippen LogP contribution in [0.2, 0.25) is 0 Å². The van der Waals surface area contributed by atoms with Gasteiger partial charge in [0.25, 0.3) is 0 Å². The van der Waals surface area contributed by atoms with E-state index in [2.05, 4.69) is 5.32 Å². The van der Waals surface area contributed by atoms with Crippen LogP contribution in [-0.4, -0.2) is 165 Å². The average Bonchev–Trinajstić information content (AvgIpc) is 2.91. The second kappa shape index (κ2) is 13.8. The number of carbonyl (C=O) groups excluding carboxylic acids is 1. The Morgan fingerprint density at radius 3 is 1.93 bits per heavy atom. The van der Waals surface area contributed by atoms with Gasteiger partial charge in [-0.3, -0.25) is 0 Å². The number of hydrogen-bond donors (Lipinski definition) is 9. The van der Waals surface area contributed by atoms with Crippen molar-refractivity contribution in [3.8, 4) is 0 Å². The SMILES string of the molecule is CO[C@@H]1OC(C(=O)O)[C@@H](O[C@H]2OC(CO)[C@@H](O[C@@H]3OC(C(=O)O)[C@@H](C)[C@H](O)C3O)[C@H](O)C2NCC=O)[C@H](O)C1O. The predicted molar refractivity (Wildman–Crippen MR) is 122 cm³/mol. The van der Waals surface area contributed by atoms with Crippen LogP contribution < -0.4 is 5.32 Å². The largest absolute Gasteiger partial charge is 0.479 e. The van der Waals surface area contributed by atoms with Crippen LogP contribution in [0.5, 0.6) is 0 Å². The van der Waals surface area contributed by atoms with E-state index in [-0.39, 0.29) is 0 Å². The quantitative estimate of drug-likeness (QED) is 0.102. The highest BCUT2D eigenvalue weighted by atomic mass is 16.8. The molecule has 0 radical (unpaired) electrons. The van der Waals surface area contributed by atoms with Gasteiger partial charge in [0.05, 0.1) is 25.3 Å². The van der Waals surface area contributed by atoms with Gasteiger partial charge in [-0.1, -0.05) is 6.92 Å². The lowest BCUT2D eigenvalue weighted by atomic mass is 9.90. The molecular weight excluding hydrogens is 550 g/mol. The van der Waals surface area contributed by atoms with Crippen molar-refractivity contribution in [2.24, 2.45) is 5.92 Å². The van der Waals surface area contributed by atoms with Gasteiger partial charge in [0.15, 0.2) is 31.1 Å². The molecule has 40 heavy (non-hydrogen) atoms. The van der Waals surface area contributed by atoms with Gasteiger partial charge in [0.1, 0.15) is 49.0 Å². The number of nitrogens with one attached hydrogen (secondary N) is 1. The molecule has 18 nitrogen and oxygen atoms in total. The summed E-state index contributed by atoms with van der Waals surface area (Å²) >= 11 is 0. The molecule has 0 saturated carbocycles. The Kier molecular flexibility index (Phi) is 11.3. The number of aliphatic carboxylic acids is 2. The van der Waals surface area contributed by atoms with Gasteiger partial charge < -0.3 is 79.4 Å². The van der Waals surface area contributed by atoms with Crippen molar-refractivity contribution in [1.29, 1.82) is 0 Å². The molecule has 3 aliphatic heterocycles. The Hall–Kier alpha value is -1.91. The Labute approximate surface area is 226 Å². The minimum atomic E-state index is -1.89. The van der Waals surface area contributed by atoms with Crippen LogP contribution in [0, 0.1) is 5.92 Å². The molecule has 3 fully saturated rings. The fraction of sp³-hybridized carbons (Fsp3) is 0.864. The van der Waals surface area contributed by atoms with Gasteiger partial charge in [-0.2, -0.15) is 0 Å². The van der Waals surface area contributed by atoms with E-state index in [1.165, 1.54) is 6.92 Å². The van der Waals surface area contributed by atoms with E-state index in [0.717, 1.165) is 7.11 Å². The van der Waals surface area contributed by atoms with Crippen molar-refractivity contribution >= 4 is 18.2 Å². The summed E-state index contributed by atoms with van der Waals surface area (Å²) in [5.41, 5.74) is 0. The standard InChI is InChI=1S/C22H35NO17/c1-6-9(26)12(29)22(37-14(6)18(31)32)38-15-7(5-25)36-20(8(10(15)27)23-3-4-24)39-16-11(28)13(30)21(35-2)40-17(16)19(33)34/h4,6-17,20-23,25-30H,3,5H2,1-2H3,(H,31,32)(H,33,34)/t6-,7?,8?,9-,10+,11+,12?,13?,14?,15+,16-,17?,20+,21+,22-/m0/s1. The summed E-state index contributed by atoms with van der Waals surface area (Å²) < 4.78 is 32.2. The smallest absolute Gasteiger partial charge is 0.335 e. The molecule has 18 heteroatoms. The fourth-order valence-corrected chi connectivity index (χ4v) is 4.84. The van der Waals surface area contributed by atoms with Crippen LogP contribution in [0.1, 0.15) is 6.92 Å². The highest BCUT2D eigenvalue weighted by Gasteiger charge is 2.55. The lowest BCUT2D eigenvalue weighted by Gasteiger charge is -2.49. The number of carboxylic acid groups (broad SMARTS) is 2. The van der Waals surface area contributed by atoms with E-state index in [1.807, 2.05) is 0 Å². The lowest BCUT2D eigenvalue weighted by molar-refractivity contribution is -0.359.